The zero-order valence-electron chi connectivity index (χ0n) is 8.78. The van der Waals surface area contributed by atoms with Crippen LogP contribution in [0.1, 0.15) is 19.3 Å². The van der Waals surface area contributed by atoms with E-state index in [-0.39, 0.29) is 5.97 Å². The molecule has 0 atom stereocenters. The number of allylic oxidation sites excluding steroid dienone is 4. The molecule has 1 rings (SSSR count). The zero-order valence-corrected chi connectivity index (χ0v) is 8.78. The Hall–Kier alpha value is -1.51. The summed E-state index contributed by atoms with van der Waals surface area (Å²) in [7, 11) is 0. The third kappa shape index (κ3) is 5.05. The molecule has 15 heavy (non-hydrogen) atoms. The van der Waals surface area contributed by atoms with E-state index in [0.29, 0.717) is 19.6 Å². The highest BCUT2D eigenvalue weighted by atomic mass is 16.5. The number of hydrogen-bond donors (Lipinski definition) is 0. The van der Waals surface area contributed by atoms with E-state index < -0.39 is 0 Å². The standard InChI is InChI=1S/C12H16O3/c1-2-12(13)15-10-6-9-14-11-7-4-3-5-8-11/h2-4,7H,1,5-6,8-10H2. The van der Waals surface area contributed by atoms with Crippen LogP contribution in [-0.4, -0.2) is 19.2 Å². The molecule has 0 saturated carbocycles. The van der Waals surface area contributed by atoms with Crippen LogP contribution in [0.4, 0.5) is 0 Å². The third-order valence-corrected chi connectivity index (χ3v) is 1.96. The van der Waals surface area contributed by atoms with Crippen molar-refractivity contribution in [2.75, 3.05) is 13.2 Å². The van der Waals surface area contributed by atoms with Gasteiger partial charge in [0.05, 0.1) is 19.0 Å². The molecule has 0 aliphatic heterocycles. The highest BCUT2D eigenvalue weighted by molar-refractivity contribution is 5.81. The number of esters is 1. The van der Waals surface area contributed by atoms with Crippen LogP contribution in [-0.2, 0) is 14.3 Å². The molecule has 0 spiro atoms. The van der Waals surface area contributed by atoms with Crippen LogP contribution in [0.25, 0.3) is 0 Å². The van der Waals surface area contributed by atoms with Crippen LogP contribution in [0, 0.1) is 0 Å². The number of carbonyl (C=O) groups is 1. The van der Waals surface area contributed by atoms with Gasteiger partial charge in [0.15, 0.2) is 0 Å². The summed E-state index contributed by atoms with van der Waals surface area (Å²) in [4.78, 5) is 10.7. The summed E-state index contributed by atoms with van der Waals surface area (Å²) >= 11 is 0. The molecule has 0 radical (unpaired) electrons. The van der Waals surface area contributed by atoms with Gasteiger partial charge in [-0.25, -0.2) is 4.79 Å². The van der Waals surface area contributed by atoms with Crippen molar-refractivity contribution in [1.29, 1.82) is 0 Å². The van der Waals surface area contributed by atoms with Crippen molar-refractivity contribution in [1.82, 2.24) is 0 Å². The fraction of sp³-hybridized carbons (Fsp3) is 0.417. The van der Waals surface area contributed by atoms with Crippen molar-refractivity contribution < 1.29 is 14.3 Å². The van der Waals surface area contributed by atoms with Gasteiger partial charge >= 0.3 is 5.97 Å². The zero-order chi connectivity index (χ0) is 10.9. The number of hydrogen-bond acceptors (Lipinski definition) is 3. The van der Waals surface area contributed by atoms with Crippen LogP contribution in [0.2, 0.25) is 0 Å². The number of ether oxygens (including phenoxy) is 2. The first-order chi connectivity index (χ1) is 7.33. The average Bonchev–Trinajstić information content (AvgIpc) is 2.29. The Morgan fingerprint density at radius 2 is 2.40 bits per heavy atom. The second kappa shape index (κ2) is 6.87. The summed E-state index contributed by atoms with van der Waals surface area (Å²) in [5.74, 6) is 0.627. The molecule has 1 aliphatic carbocycles. The van der Waals surface area contributed by atoms with E-state index in [1.54, 1.807) is 0 Å². The summed E-state index contributed by atoms with van der Waals surface area (Å²) in [6.07, 6.45) is 9.95. The van der Waals surface area contributed by atoms with Gasteiger partial charge in [-0.3, -0.25) is 0 Å². The fourth-order valence-corrected chi connectivity index (χ4v) is 1.19. The van der Waals surface area contributed by atoms with Gasteiger partial charge in [-0.2, -0.15) is 0 Å². The Bertz CT molecular complexity index is 277. The van der Waals surface area contributed by atoms with Crippen molar-refractivity contribution in [2.24, 2.45) is 0 Å². The molecule has 82 valence electrons. The van der Waals surface area contributed by atoms with E-state index in [4.69, 9.17) is 9.47 Å². The lowest BCUT2D eigenvalue weighted by atomic mass is 10.2. The lowest BCUT2D eigenvalue weighted by Crippen LogP contribution is -2.05. The molecule has 0 aromatic heterocycles. The van der Waals surface area contributed by atoms with Gasteiger partial charge < -0.3 is 9.47 Å². The van der Waals surface area contributed by atoms with E-state index in [1.807, 2.05) is 12.2 Å². The van der Waals surface area contributed by atoms with E-state index in [2.05, 4.69) is 12.7 Å². The van der Waals surface area contributed by atoms with Gasteiger partial charge in [0.25, 0.3) is 0 Å². The molecular formula is C12H16O3. The lowest BCUT2D eigenvalue weighted by Gasteiger charge is -2.11. The SMILES string of the molecule is C=CC(=O)OCCCOC1=CC=CCC1. The predicted octanol–water partition coefficient (Wildman–Crippen LogP) is 2.36. The second-order valence-corrected chi connectivity index (χ2v) is 3.17. The van der Waals surface area contributed by atoms with Crippen LogP contribution >= 0.6 is 0 Å². The molecule has 3 nitrogen and oxygen atoms in total. The molecular weight excluding hydrogens is 192 g/mol. The predicted molar refractivity (Wildman–Crippen MR) is 58.2 cm³/mol. The Labute approximate surface area is 90.1 Å². The molecule has 0 amide bonds. The summed E-state index contributed by atoms with van der Waals surface area (Å²) in [5.41, 5.74) is 0. The van der Waals surface area contributed by atoms with Crippen molar-refractivity contribution in [3.63, 3.8) is 0 Å². The quantitative estimate of drug-likeness (QED) is 0.382. The normalized spacial score (nSPS) is 14.3. The Balaban J connectivity index is 2.01. The summed E-state index contributed by atoms with van der Waals surface area (Å²) in [6.45, 7) is 4.28. The minimum Gasteiger partial charge on any atom is -0.498 e. The molecule has 1 aliphatic rings. The monoisotopic (exact) mass is 208 g/mol. The molecule has 0 N–H and O–H groups in total. The van der Waals surface area contributed by atoms with Crippen molar-refractivity contribution >= 4 is 5.97 Å². The van der Waals surface area contributed by atoms with Crippen molar-refractivity contribution in [3.05, 3.63) is 36.6 Å². The largest absolute Gasteiger partial charge is 0.498 e. The van der Waals surface area contributed by atoms with Crippen LogP contribution in [0.3, 0.4) is 0 Å². The Morgan fingerprint density at radius 1 is 1.53 bits per heavy atom. The van der Waals surface area contributed by atoms with Crippen LogP contribution in [0.15, 0.2) is 36.6 Å². The molecule has 0 aromatic carbocycles. The van der Waals surface area contributed by atoms with Crippen LogP contribution < -0.4 is 0 Å². The minimum atomic E-state index is -0.380. The molecule has 0 heterocycles. The Morgan fingerprint density at radius 3 is 3.07 bits per heavy atom. The van der Waals surface area contributed by atoms with Gasteiger partial charge in [-0.1, -0.05) is 18.7 Å². The van der Waals surface area contributed by atoms with E-state index in [1.165, 1.54) is 0 Å². The maximum absolute atomic E-state index is 10.7. The molecule has 0 saturated heterocycles. The topological polar surface area (TPSA) is 35.5 Å². The van der Waals surface area contributed by atoms with Crippen LogP contribution in [0.5, 0.6) is 0 Å². The summed E-state index contributed by atoms with van der Waals surface area (Å²) < 4.78 is 10.3. The van der Waals surface area contributed by atoms with Gasteiger partial charge in [-0.15, -0.1) is 0 Å². The fourth-order valence-electron chi connectivity index (χ4n) is 1.19. The molecule has 0 fully saturated rings. The maximum atomic E-state index is 10.7. The summed E-state index contributed by atoms with van der Waals surface area (Å²) in [5, 5.41) is 0. The third-order valence-electron chi connectivity index (χ3n) is 1.96. The van der Waals surface area contributed by atoms with E-state index in [9.17, 15) is 4.79 Å². The van der Waals surface area contributed by atoms with Crippen molar-refractivity contribution in [3.8, 4) is 0 Å². The smallest absolute Gasteiger partial charge is 0.330 e. The first kappa shape index (κ1) is 11.6. The second-order valence-electron chi connectivity index (χ2n) is 3.17. The van der Waals surface area contributed by atoms with E-state index in [0.717, 1.165) is 24.7 Å². The Kier molecular flexibility index (Phi) is 5.30. The van der Waals surface area contributed by atoms with Gasteiger partial charge in [0.1, 0.15) is 0 Å². The summed E-state index contributed by atoms with van der Waals surface area (Å²) in [6, 6.07) is 0. The minimum absolute atomic E-state index is 0.380. The molecule has 0 bridgehead atoms. The number of rotatable bonds is 6. The van der Waals surface area contributed by atoms with Gasteiger partial charge in [0, 0.05) is 18.9 Å². The van der Waals surface area contributed by atoms with Gasteiger partial charge in [-0.05, 0) is 12.5 Å². The highest BCUT2D eigenvalue weighted by Gasteiger charge is 2.00. The van der Waals surface area contributed by atoms with Crippen molar-refractivity contribution in [2.45, 2.75) is 19.3 Å². The average molecular weight is 208 g/mol. The highest BCUT2D eigenvalue weighted by Crippen LogP contribution is 2.12. The molecule has 0 unspecified atom stereocenters. The lowest BCUT2D eigenvalue weighted by molar-refractivity contribution is -0.138. The molecule has 3 heteroatoms. The molecule has 0 aromatic rings. The van der Waals surface area contributed by atoms with Gasteiger partial charge in [0.2, 0.25) is 0 Å². The first-order valence-electron chi connectivity index (χ1n) is 5.10. The number of carbonyl (C=O) groups excluding carboxylic acids is 1. The maximum Gasteiger partial charge on any atom is 0.330 e. The van der Waals surface area contributed by atoms with E-state index >= 15 is 0 Å². The first-order valence-corrected chi connectivity index (χ1v) is 5.10.